The van der Waals surface area contributed by atoms with Crippen LogP contribution in [0, 0.1) is 11.8 Å². The first-order valence-corrected chi connectivity index (χ1v) is 11.3. The number of rotatable bonds is 7. The minimum Gasteiger partial charge on any atom is -0.454 e. The maximum Gasteiger partial charge on any atom is 0.252 e. The van der Waals surface area contributed by atoms with Crippen LogP contribution in [0.4, 0.5) is 0 Å². The molecule has 1 saturated heterocycles. The summed E-state index contributed by atoms with van der Waals surface area (Å²) in [5, 5.41) is 5.96. The SMILES string of the molecule is CC[C@H](C)NC(=O)[C@@H](NC(=O)c1ccc2c(c1)OCO2)C1CCN(C(=O)C2CC2)CC1. The second-order valence-corrected chi connectivity index (χ2v) is 8.77. The van der Waals surface area contributed by atoms with Crippen LogP contribution in [-0.2, 0) is 9.59 Å². The van der Waals surface area contributed by atoms with E-state index in [0.29, 0.717) is 43.0 Å². The Hall–Kier alpha value is -2.77. The Morgan fingerprint density at radius 2 is 1.77 bits per heavy atom. The molecule has 2 atom stereocenters. The number of ether oxygens (including phenoxy) is 2. The first-order chi connectivity index (χ1) is 15.0. The van der Waals surface area contributed by atoms with Crippen molar-refractivity contribution in [3.8, 4) is 11.5 Å². The van der Waals surface area contributed by atoms with E-state index in [1.165, 1.54) is 0 Å². The van der Waals surface area contributed by atoms with E-state index in [-0.39, 0.29) is 42.4 Å². The summed E-state index contributed by atoms with van der Waals surface area (Å²) in [6.07, 6.45) is 4.18. The number of hydrogen-bond donors (Lipinski definition) is 2. The van der Waals surface area contributed by atoms with Gasteiger partial charge in [-0.1, -0.05) is 6.92 Å². The molecule has 2 fully saturated rings. The Morgan fingerprint density at radius 3 is 2.45 bits per heavy atom. The second kappa shape index (κ2) is 9.16. The number of nitrogens with zero attached hydrogens (tertiary/aromatic N) is 1. The molecule has 168 valence electrons. The summed E-state index contributed by atoms with van der Waals surface area (Å²) < 4.78 is 10.7. The monoisotopic (exact) mass is 429 g/mol. The zero-order valence-corrected chi connectivity index (χ0v) is 18.2. The van der Waals surface area contributed by atoms with E-state index < -0.39 is 6.04 Å². The molecule has 3 aliphatic rings. The lowest BCUT2D eigenvalue weighted by Crippen LogP contribution is -2.55. The van der Waals surface area contributed by atoms with Crippen molar-refractivity contribution in [3.63, 3.8) is 0 Å². The molecule has 0 radical (unpaired) electrons. The topological polar surface area (TPSA) is 97.0 Å². The molecule has 0 spiro atoms. The van der Waals surface area contributed by atoms with E-state index in [4.69, 9.17) is 9.47 Å². The molecule has 0 aromatic heterocycles. The Labute approximate surface area is 182 Å². The molecular formula is C23H31N3O5. The molecule has 1 aromatic carbocycles. The fourth-order valence-electron chi connectivity index (χ4n) is 4.14. The van der Waals surface area contributed by atoms with Crippen molar-refractivity contribution in [1.29, 1.82) is 0 Å². The van der Waals surface area contributed by atoms with Gasteiger partial charge in [0.05, 0.1) is 0 Å². The van der Waals surface area contributed by atoms with Crippen molar-refractivity contribution in [1.82, 2.24) is 15.5 Å². The highest BCUT2D eigenvalue weighted by atomic mass is 16.7. The van der Waals surface area contributed by atoms with Gasteiger partial charge in [0.25, 0.3) is 5.91 Å². The van der Waals surface area contributed by atoms with E-state index >= 15 is 0 Å². The first-order valence-electron chi connectivity index (χ1n) is 11.3. The maximum atomic E-state index is 13.0. The third kappa shape index (κ3) is 4.94. The number of piperidine rings is 1. The number of carbonyl (C=O) groups excluding carboxylic acids is 3. The number of nitrogens with one attached hydrogen (secondary N) is 2. The van der Waals surface area contributed by atoms with Crippen LogP contribution in [0.5, 0.6) is 11.5 Å². The Balaban J connectivity index is 1.44. The van der Waals surface area contributed by atoms with Crippen LogP contribution < -0.4 is 20.1 Å². The molecule has 8 nitrogen and oxygen atoms in total. The van der Waals surface area contributed by atoms with Crippen LogP contribution in [0.25, 0.3) is 0 Å². The average molecular weight is 430 g/mol. The van der Waals surface area contributed by atoms with Crippen LogP contribution in [0.2, 0.25) is 0 Å². The summed E-state index contributed by atoms with van der Waals surface area (Å²) >= 11 is 0. The van der Waals surface area contributed by atoms with Crippen LogP contribution >= 0.6 is 0 Å². The average Bonchev–Trinajstić information content (AvgIpc) is 3.53. The van der Waals surface area contributed by atoms with Crippen molar-refractivity contribution < 1.29 is 23.9 Å². The molecule has 2 heterocycles. The summed E-state index contributed by atoms with van der Waals surface area (Å²) in [6.45, 7) is 5.36. The number of hydrogen-bond acceptors (Lipinski definition) is 5. The van der Waals surface area contributed by atoms with Crippen molar-refractivity contribution in [2.45, 2.75) is 58.0 Å². The minimum absolute atomic E-state index is 0.0222. The third-order valence-electron chi connectivity index (χ3n) is 6.45. The lowest BCUT2D eigenvalue weighted by molar-refractivity contribution is -0.134. The van der Waals surface area contributed by atoms with Gasteiger partial charge in [0.2, 0.25) is 18.6 Å². The van der Waals surface area contributed by atoms with Gasteiger partial charge in [-0.15, -0.1) is 0 Å². The molecule has 2 N–H and O–H groups in total. The second-order valence-electron chi connectivity index (χ2n) is 8.77. The Kier molecular flexibility index (Phi) is 6.34. The van der Waals surface area contributed by atoms with Gasteiger partial charge >= 0.3 is 0 Å². The van der Waals surface area contributed by atoms with Gasteiger partial charge in [-0.25, -0.2) is 0 Å². The smallest absolute Gasteiger partial charge is 0.252 e. The molecule has 2 aliphatic heterocycles. The van der Waals surface area contributed by atoms with E-state index in [1.807, 2.05) is 18.7 Å². The highest BCUT2D eigenvalue weighted by Crippen LogP contribution is 2.34. The van der Waals surface area contributed by atoms with Crippen LogP contribution in [0.15, 0.2) is 18.2 Å². The molecule has 31 heavy (non-hydrogen) atoms. The molecule has 1 aliphatic carbocycles. The van der Waals surface area contributed by atoms with Crippen LogP contribution in [0.1, 0.15) is 56.3 Å². The van der Waals surface area contributed by atoms with Crippen LogP contribution in [0.3, 0.4) is 0 Å². The molecule has 0 bridgehead atoms. The number of fused-ring (bicyclic) bond motifs is 1. The predicted octanol–water partition coefficient (Wildman–Crippen LogP) is 2.08. The van der Waals surface area contributed by atoms with Gasteiger partial charge in [-0.3, -0.25) is 14.4 Å². The quantitative estimate of drug-likeness (QED) is 0.692. The first kappa shape index (κ1) is 21.5. The number of likely N-dealkylation sites (tertiary alicyclic amines) is 1. The van der Waals surface area contributed by atoms with E-state index in [2.05, 4.69) is 10.6 Å². The maximum absolute atomic E-state index is 13.0. The molecule has 1 saturated carbocycles. The van der Waals surface area contributed by atoms with Gasteiger partial charge in [-0.2, -0.15) is 0 Å². The summed E-state index contributed by atoms with van der Waals surface area (Å²) in [7, 11) is 0. The van der Waals surface area contributed by atoms with Gasteiger partial charge in [0.1, 0.15) is 6.04 Å². The van der Waals surface area contributed by atoms with Crippen molar-refractivity contribution in [2.24, 2.45) is 11.8 Å². The number of carbonyl (C=O) groups is 3. The number of benzene rings is 1. The normalized spacial score (nSPS) is 20.1. The summed E-state index contributed by atoms with van der Waals surface area (Å²) in [4.78, 5) is 40.3. The highest BCUT2D eigenvalue weighted by molar-refractivity contribution is 5.98. The van der Waals surface area contributed by atoms with Crippen molar-refractivity contribution in [2.75, 3.05) is 19.9 Å². The lowest BCUT2D eigenvalue weighted by Gasteiger charge is -2.36. The van der Waals surface area contributed by atoms with Gasteiger partial charge in [0, 0.05) is 30.6 Å². The van der Waals surface area contributed by atoms with E-state index in [0.717, 1.165) is 19.3 Å². The lowest BCUT2D eigenvalue weighted by atomic mass is 9.88. The largest absolute Gasteiger partial charge is 0.454 e. The van der Waals surface area contributed by atoms with Crippen LogP contribution in [-0.4, -0.2) is 54.6 Å². The van der Waals surface area contributed by atoms with Gasteiger partial charge in [-0.05, 0) is 63.1 Å². The standard InChI is InChI=1S/C23H31N3O5/c1-3-14(2)24-22(28)20(15-8-10-26(11-9-15)23(29)16-4-5-16)25-21(27)17-6-7-18-19(12-17)31-13-30-18/h6-7,12,14-16,20H,3-5,8-11,13H2,1-2H3,(H,24,28)(H,25,27)/t14-,20-/m0/s1. The Bertz CT molecular complexity index is 846. The number of amides is 3. The summed E-state index contributed by atoms with van der Waals surface area (Å²) in [5.74, 6) is 1.06. The van der Waals surface area contributed by atoms with E-state index in [9.17, 15) is 14.4 Å². The van der Waals surface area contributed by atoms with Gasteiger partial charge in [0.15, 0.2) is 11.5 Å². The zero-order valence-electron chi connectivity index (χ0n) is 18.2. The molecule has 0 unspecified atom stereocenters. The molecule has 8 heteroatoms. The Morgan fingerprint density at radius 1 is 1.06 bits per heavy atom. The van der Waals surface area contributed by atoms with Gasteiger partial charge < -0.3 is 25.0 Å². The third-order valence-corrected chi connectivity index (χ3v) is 6.45. The van der Waals surface area contributed by atoms with E-state index in [1.54, 1.807) is 18.2 Å². The fraction of sp³-hybridized carbons (Fsp3) is 0.609. The molecule has 1 aromatic rings. The van der Waals surface area contributed by atoms with Crippen molar-refractivity contribution in [3.05, 3.63) is 23.8 Å². The molecular weight excluding hydrogens is 398 g/mol. The fourth-order valence-corrected chi connectivity index (χ4v) is 4.14. The minimum atomic E-state index is -0.648. The predicted molar refractivity (Wildman–Crippen MR) is 114 cm³/mol. The summed E-state index contributed by atoms with van der Waals surface area (Å²) in [6, 6.07) is 4.38. The highest BCUT2D eigenvalue weighted by Gasteiger charge is 2.38. The van der Waals surface area contributed by atoms with Crippen molar-refractivity contribution >= 4 is 17.7 Å². The zero-order chi connectivity index (χ0) is 22.0. The summed E-state index contributed by atoms with van der Waals surface area (Å²) in [5.41, 5.74) is 0.423. The molecule has 4 rings (SSSR count). The molecule has 3 amide bonds.